The highest BCUT2D eigenvalue weighted by Crippen LogP contribution is 2.29. The summed E-state index contributed by atoms with van der Waals surface area (Å²) in [5, 5.41) is 4.27. The third-order valence-corrected chi connectivity index (χ3v) is 3.34. The van der Waals surface area contributed by atoms with Gasteiger partial charge in [-0.1, -0.05) is 6.07 Å². The maximum absolute atomic E-state index is 6.20. The van der Waals surface area contributed by atoms with Gasteiger partial charge in [-0.05, 0) is 45.0 Å². The van der Waals surface area contributed by atoms with E-state index in [1.807, 2.05) is 51.1 Å². The van der Waals surface area contributed by atoms with E-state index in [1.54, 1.807) is 6.20 Å². The summed E-state index contributed by atoms with van der Waals surface area (Å²) in [6.45, 7) is 6.12. The first-order valence-electron chi connectivity index (χ1n) is 7.68. The maximum Gasteiger partial charge on any atom is 0.169 e. The molecule has 0 unspecified atom stereocenters. The molecule has 0 fully saturated rings. The van der Waals surface area contributed by atoms with Gasteiger partial charge in [0.05, 0.1) is 5.52 Å². The molecule has 7 nitrogen and oxygen atoms in total. The zero-order valence-electron chi connectivity index (χ0n) is 14.0. The van der Waals surface area contributed by atoms with Crippen LogP contribution in [0.4, 0.5) is 23.0 Å². The van der Waals surface area contributed by atoms with Gasteiger partial charge in [-0.2, -0.15) is 0 Å². The zero-order valence-corrected chi connectivity index (χ0v) is 14.0. The van der Waals surface area contributed by atoms with Crippen molar-refractivity contribution < 1.29 is 0 Å². The van der Waals surface area contributed by atoms with E-state index in [2.05, 4.69) is 31.1 Å². The molecular weight excluding hydrogens is 302 g/mol. The molecule has 0 radical (unpaired) electrons. The summed E-state index contributed by atoms with van der Waals surface area (Å²) < 4.78 is 0. The first-order valence-corrected chi connectivity index (χ1v) is 7.68. The molecule has 24 heavy (non-hydrogen) atoms. The molecule has 0 aliphatic carbocycles. The fraction of sp³-hybridized carbons (Fsp3) is 0.235. The Morgan fingerprint density at radius 2 is 1.75 bits per heavy atom. The lowest BCUT2D eigenvalue weighted by Gasteiger charge is -2.22. The van der Waals surface area contributed by atoms with Crippen LogP contribution in [0.3, 0.4) is 0 Å². The first kappa shape index (κ1) is 15.9. The summed E-state index contributed by atoms with van der Waals surface area (Å²) in [7, 11) is 0. The van der Waals surface area contributed by atoms with Crippen molar-refractivity contribution in [3.05, 3.63) is 42.9 Å². The lowest BCUT2D eigenvalue weighted by molar-refractivity contribution is 0.464. The van der Waals surface area contributed by atoms with Crippen molar-refractivity contribution in [2.75, 3.05) is 16.5 Å². The van der Waals surface area contributed by atoms with Gasteiger partial charge < -0.3 is 16.5 Å². The van der Waals surface area contributed by atoms with Gasteiger partial charge in [0.1, 0.15) is 12.0 Å². The van der Waals surface area contributed by atoms with Crippen LogP contribution in [0.15, 0.2) is 42.9 Å². The van der Waals surface area contributed by atoms with E-state index in [0.717, 1.165) is 16.6 Å². The van der Waals surface area contributed by atoms with E-state index in [4.69, 9.17) is 5.73 Å². The second kappa shape index (κ2) is 6.29. The molecule has 0 aliphatic heterocycles. The van der Waals surface area contributed by atoms with Crippen molar-refractivity contribution in [1.29, 1.82) is 0 Å². The van der Waals surface area contributed by atoms with Crippen LogP contribution in [0, 0.1) is 0 Å². The Hall–Kier alpha value is -2.93. The molecule has 5 N–H and O–H groups in total. The number of anilines is 4. The molecule has 0 atom stereocenters. The molecule has 0 bridgehead atoms. The second-order valence-electron chi connectivity index (χ2n) is 6.49. The van der Waals surface area contributed by atoms with Gasteiger partial charge in [-0.15, -0.1) is 0 Å². The van der Waals surface area contributed by atoms with Gasteiger partial charge in [-0.25, -0.2) is 15.4 Å². The molecule has 0 aliphatic rings. The van der Waals surface area contributed by atoms with E-state index in [9.17, 15) is 0 Å². The van der Waals surface area contributed by atoms with Crippen LogP contribution in [0.5, 0.6) is 0 Å². The number of nitrogens with two attached hydrogens (primary N) is 1. The monoisotopic (exact) mass is 323 g/mol. The highest BCUT2D eigenvalue weighted by atomic mass is 15.4. The number of nitrogens with one attached hydrogen (secondary N) is 3. The fourth-order valence-corrected chi connectivity index (χ4v) is 2.18. The second-order valence-corrected chi connectivity index (χ2v) is 6.49. The minimum absolute atomic E-state index is 0.119. The summed E-state index contributed by atoms with van der Waals surface area (Å²) in [6, 6.07) is 9.77. The minimum Gasteiger partial charge on any atom is -0.393 e. The molecule has 0 saturated heterocycles. The Morgan fingerprint density at radius 3 is 2.54 bits per heavy atom. The van der Waals surface area contributed by atoms with Crippen molar-refractivity contribution in [3.63, 3.8) is 0 Å². The number of hydrazine groups is 1. The molecule has 7 heteroatoms. The van der Waals surface area contributed by atoms with Crippen molar-refractivity contribution in [3.8, 4) is 0 Å². The minimum atomic E-state index is -0.119. The number of nitrogens with zero attached hydrogens (tertiary/aromatic N) is 3. The molecule has 2 aromatic heterocycles. The Kier molecular flexibility index (Phi) is 4.18. The van der Waals surface area contributed by atoms with Crippen molar-refractivity contribution in [1.82, 2.24) is 20.4 Å². The van der Waals surface area contributed by atoms with Crippen LogP contribution >= 0.6 is 0 Å². The Bertz CT molecular complexity index is 850. The maximum atomic E-state index is 6.20. The predicted molar refractivity (Wildman–Crippen MR) is 98.0 cm³/mol. The normalized spacial score (nSPS) is 11.5. The van der Waals surface area contributed by atoms with Gasteiger partial charge in [0.15, 0.2) is 11.6 Å². The Morgan fingerprint density at radius 1 is 0.958 bits per heavy atom. The third-order valence-electron chi connectivity index (χ3n) is 3.34. The van der Waals surface area contributed by atoms with Crippen molar-refractivity contribution in [2.45, 2.75) is 26.3 Å². The average Bonchev–Trinajstić information content (AvgIpc) is 2.55. The van der Waals surface area contributed by atoms with Gasteiger partial charge >= 0.3 is 0 Å². The quantitative estimate of drug-likeness (QED) is 0.547. The highest BCUT2D eigenvalue weighted by Gasteiger charge is 2.13. The van der Waals surface area contributed by atoms with Gasteiger partial charge in [0.25, 0.3) is 0 Å². The summed E-state index contributed by atoms with van der Waals surface area (Å²) in [5.74, 6) is 1.07. The standard InChI is InChI=1S/C17H21N7/c1-17(2,3)24-23-16-14(18)15(20-10-21-16)22-13-8-4-7-12-11(13)6-5-9-19-12/h4-10,24H,18H2,1-3H3,(H2,20,21,22,23). The molecule has 3 rings (SSSR count). The number of hydrogen-bond donors (Lipinski definition) is 4. The summed E-state index contributed by atoms with van der Waals surface area (Å²) in [6.07, 6.45) is 3.24. The SMILES string of the molecule is CC(C)(C)NNc1ncnc(Nc2cccc3ncccc23)c1N. The van der Waals surface area contributed by atoms with Crippen LogP contribution in [-0.4, -0.2) is 20.5 Å². The number of aromatic nitrogens is 3. The highest BCUT2D eigenvalue weighted by molar-refractivity contribution is 5.94. The number of fused-ring (bicyclic) bond motifs is 1. The fourth-order valence-electron chi connectivity index (χ4n) is 2.18. The summed E-state index contributed by atoms with van der Waals surface area (Å²) in [5.41, 5.74) is 14.5. The molecular formula is C17H21N7. The third kappa shape index (κ3) is 3.52. The number of pyridine rings is 1. The van der Waals surface area contributed by atoms with Crippen LogP contribution in [-0.2, 0) is 0 Å². The number of hydrogen-bond acceptors (Lipinski definition) is 7. The number of benzene rings is 1. The van der Waals surface area contributed by atoms with Crippen molar-refractivity contribution in [2.24, 2.45) is 0 Å². The lowest BCUT2D eigenvalue weighted by Crippen LogP contribution is -2.40. The van der Waals surface area contributed by atoms with E-state index in [0.29, 0.717) is 17.3 Å². The molecule has 0 spiro atoms. The molecule has 124 valence electrons. The van der Waals surface area contributed by atoms with Crippen LogP contribution < -0.4 is 21.9 Å². The van der Waals surface area contributed by atoms with E-state index >= 15 is 0 Å². The van der Waals surface area contributed by atoms with Gasteiger partial charge in [-0.3, -0.25) is 4.98 Å². The van der Waals surface area contributed by atoms with Crippen molar-refractivity contribution >= 4 is 33.9 Å². The van der Waals surface area contributed by atoms with Crippen LogP contribution in [0.1, 0.15) is 20.8 Å². The molecule has 3 aromatic rings. The summed E-state index contributed by atoms with van der Waals surface area (Å²) in [4.78, 5) is 12.8. The number of rotatable bonds is 4. The van der Waals surface area contributed by atoms with Gasteiger partial charge in [0, 0.05) is 22.8 Å². The molecule has 2 heterocycles. The molecule has 0 saturated carbocycles. The van der Waals surface area contributed by atoms with Crippen LogP contribution in [0.25, 0.3) is 10.9 Å². The average molecular weight is 323 g/mol. The lowest BCUT2D eigenvalue weighted by atomic mass is 10.1. The Balaban J connectivity index is 1.90. The van der Waals surface area contributed by atoms with E-state index < -0.39 is 0 Å². The van der Waals surface area contributed by atoms with Gasteiger partial charge in [0.2, 0.25) is 0 Å². The van der Waals surface area contributed by atoms with Crippen LogP contribution in [0.2, 0.25) is 0 Å². The molecule has 1 aromatic carbocycles. The zero-order chi connectivity index (χ0) is 17.2. The van der Waals surface area contributed by atoms with E-state index in [-0.39, 0.29) is 5.54 Å². The molecule has 0 amide bonds. The predicted octanol–water partition coefficient (Wildman–Crippen LogP) is 3.07. The largest absolute Gasteiger partial charge is 0.393 e. The first-order chi connectivity index (χ1) is 11.4. The topological polar surface area (TPSA) is 101 Å². The Labute approximate surface area is 140 Å². The smallest absolute Gasteiger partial charge is 0.169 e. The summed E-state index contributed by atoms with van der Waals surface area (Å²) >= 11 is 0. The van der Waals surface area contributed by atoms with E-state index in [1.165, 1.54) is 6.33 Å². The number of nitrogen functional groups attached to an aromatic ring is 1.